The van der Waals surface area contributed by atoms with Gasteiger partial charge in [-0.3, -0.25) is 0 Å². The molecule has 0 aliphatic carbocycles. The molecular formula is C47H28N2OS. The maximum Gasteiger partial charge on any atom is 0.144 e. The minimum atomic E-state index is 0.861. The summed E-state index contributed by atoms with van der Waals surface area (Å²) < 4.78 is 11.5. The first-order valence-electron chi connectivity index (χ1n) is 17.2. The first kappa shape index (κ1) is 28.4. The van der Waals surface area contributed by atoms with Crippen molar-refractivity contribution >= 4 is 75.3 Å². The fraction of sp³-hybridized carbons (Fsp3) is 0. The van der Waals surface area contributed by atoms with Gasteiger partial charge in [0.2, 0.25) is 0 Å². The SMILES string of the molecule is c1ccc(-c2cc(-c3cccc4c3sc3c4ccc4c3c3ccccc3n4-c3ccccc3)cc(-c3cccc4c3oc3ccccc34)n2)cc1. The van der Waals surface area contributed by atoms with Crippen LogP contribution < -0.4 is 0 Å². The number of pyridine rings is 1. The van der Waals surface area contributed by atoms with E-state index in [4.69, 9.17) is 9.40 Å². The number of rotatable bonds is 4. The lowest BCUT2D eigenvalue weighted by Crippen LogP contribution is -1.92. The van der Waals surface area contributed by atoms with Crippen LogP contribution in [0, 0.1) is 0 Å². The van der Waals surface area contributed by atoms with Gasteiger partial charge in [0.15, 0.2) is 0 Å². The van der Waals surface area contributed by atoms with Gasteiger partial charge in [-0.25, -0.2) is 4.98 Å². The summed E-state index contributed by atoms with van der Waals surface area (Å²) in [5, 5.41) is 7.34. The molecule has 4 aromatic heterocycles. The minimum absolute atomic E-state index is 0.861. The number of hydrogen-bond acceptors (Lipinski definition) is 3. The quantitative estimate of drug-likeness (QED) is 0.187. The van der Waals surface area contributed by atoms with E-state index < -0.39 is 0 Å². The molecule has 0 bridgehead atoms. The molecule has 0 aliphatic heterocycles. The van der Waals surface area contributed by atoms with Crippen LogP contribution in [0.15, 0.2) is 174 Å². The summed E-state index contributed by atoms with van der Waals surface area (Å²) in [6.07, 6.45) is 0. The predicted molar refractivity (Wildman–Crippen MR) is 215 cm³/mol. The van der Waals surface area contributed by atoms with Crippen molar-refractivity contribution in [3.63, 3.8) is 0 Å². The number of nitrogens with zero attached hydrogens (tertiary/aromatic N) is 2. The molecule has 7 aromatic carbocycles. The maximum absolute atomic E-state index is 6.51. The molecule has 0 aliphatic rings. The van der Waals surface area contributed by atoms with E-state index in [-0.39, 0.29) is 0 Å². The van der Waals surface area contributed by atoms with Crippen molar-refractivity contribution in [2.24, 2.45) is 0 Å². The summed E-state index contributed by atoms with van der Waals surface area (Å²) in [7, 11) is 0. The Labute approximate surface area is 297 Å². The molecule has 238 valence electrons. The Morgan fingerprint density at radius 3 is 1.98 bits per heavy atom. The Balaban J connectivity index is 1.19. The molecular weight excluding hydrogens is 641 g/mol. The Kier molecular flexibility index (Phi) is 6.12. The molecule has 0 spiro atoms. The zero-order valence-electron chi connectivity index (χ0n) is 27.4. The van der Waals surface area contributed by atoms with E-state index in [1.807, 2.05) is 23.5 Å². The van der Waals surface area contributed by atoms with Crippen molar-refractivity contribution in [1.82, 2.24) is 9.55 Å². The second-order valence-corrected chi connectivity index (χ2v) is 14.1. The highest BCUT2D eigenvalue weighted by Crippen LogP contribution is 2.47. The summed E-state index contributed by atoms with van der Waals surface area (Å²) in [6.45, 7) is 0. The van der Waals surface area contributed by atoms with Crippen LogP contribution in [0.4, 0.5) is 0 Å². The van der Waals surface area contributed by atoms with Crippen molar-refractivity contribution in [3.8, 4) is 39.3 Å². The molecule has 0 saturated carbocycles. The van der Waals surface area contributed by atoms with E-state index in [0.717, 1.165) is 50.0 Å². The molecule has 11 rings (SSSR count). The number of fused-ring (bicyclic) bond motifs is 10. The minimum Gasteiger partial charge on any atom is -0.455 e. The smallest absolute Gasteiger partial charge is 0.144 e. The zero-order chi connectivity index (χ0) is 33.5. The molecule has 0 unspecified atom stereocenters. The van der Waals surface area contributed by atoms with Gasteiger partial charge in [-0.15, -0.1) is 11.3 Å². The fourth-order valence-corrected chi connectivity index (χ4v) is 9.31. The van der Waals surface area contributed by atoms with E-state index >= 15 is 0 Å². The molecule has 4 heteroatoms. The normalized spacial score (nSPS) is 11.9. The van der Waals surface area contributed by atoms with Gasteiger partial charge in [-0.2, -0.15) is 0 Å². The second-order valence-electron chi connectivity index (χ2n) is 13.1. The van der Waals surface area contributed by atoms with Gasteiger partial charge in [0.1, 0.15) is 11.2 Å². The standard InChI is InChI=1S/C47H28N2OS/c1-3-13-29(14-4-1)39-27-30(28-40(48-39)37-22-12-20-34-33-17-8-10-24-43(33)50-45(34)37)32-19-11-21-35-36-25-26-42-44(47(36)51-46(32)35)38-18-7-9-23-41(38)49(42)31-15-5-2-6-16-31/h1-28H. The number of furan rings is 1. The van der Waals surface area contributed by atoms with Crippen LogP contribution in [0.3, 0.4) is 0 Å². The summed E-state index contributed by atoms with van der Waals surface area (Å²) in [5.41, 5.74) is 11.6. The molecule has 0 radical (unpaired) electrons. The van der Waals surface area contributed by atoms with Gasteiger partial charge in [0.05, 0.1) is 22.4 Å². The third kappa shape index (κ3) is 4.27. The summed E-state index contributed by atoms with van der Waals surface area (Å²) in [6, 6.07) is 60.4. The van der Waals surface area contributed by atoms with Gasteiger partial charge in [0, 0.05) is 58.5 Å². The van der Waals surface area contributed by atoms with Crippen molar-refractivity contribution < 1.29 is 4.42 Å². The molecule has 11 aromatic rings. The van der Waals surface area contributed by atoms with Crippen molar-refractivity contribution in [3.05, 3.63) is 170 Å². The first-order chi connectivity index (χ1) is 25.3. The van der Waals surface area contributed by atoms with Gasteiger partial charge >= 0.3 is 0 Å². The molecule has 51 heavy (non-hydrogen) atoms. The molecule has 0 fully saturated rings. The Morgan fingerprint density at radius 1 is 0.451 bits per heavy atom. The maximum atomic E-state index is 6.51. The molecule has 0 atom stereocenters. The van der Waals surface area contributed by atoms with Gasteiger partial charge in [0.25, 0.3) is 0 Å². The Bertz CT molecular complexity index is 3130. The average molecular weight is 669 g/mol. The third-order valence-corrected chi connectivity index (χ3v) is 11.5. The second kappa shape index (κ2) is 11.0. The monoisotopic (exact) mass is 668 g/mol. The third-order valence-electron chi connectivity index (χ3n) is 10.2. The molecule has 0 amide bonds. The Morgan fingerprint density at radius 2 is 1.12 bits per heavy atom. The van der Waals surface area contributed by atoms with Gasteiger partial charge in [-0.1, -0.05) is 121 Å². The van der Waals surface area contributed by atoms with Crippen molar-refractivity contribution in [2.75, 3.05) is 0 Å². The lowest BCUT2D eigenvalue weighted by molar-refractivity contribution is 0.670. The first-order valence-corrected chi connectivity index (χ1v) is 18.0. The van der Waals surface area contributed by atoms with E-state index in [1.165, 1.54) is 53.2 Å². The van der Waals surface area contributed by atoms with Crippen LogP contribution in [-0.4, -0.2) is 9.55 Å². The largest absolute Gasteiger partial charge is 0.455 e. The topological polar surface area (TPSA) is 31.0 Å². The van der Waals surface area contributed by atoms with E-state index in [1.54, 1.807) is 0 Å². The lowest BCUT2D eigenvalue weighted by Gasteiger charge is -2.11. The molecule has 4 heterocycles. The lowest BCUT2D eigenvalue weighted by atomic mass is 9.97. The summed E-state index contributed by atoms with van der Waals surface area (Å²) >= 11 is 1.89. The summed E-state index contributed by atoms with van der Waals surface area (Å²) in [5.74, 6) is 0. The molecule has 3 nitrogen and oxygen atoms in total. The fourth-order valence-electron chi connectivity index (χ4n) is 7.92. The number of hydrogen-bond donors (Lipinski definition) is 0. The summed E-state index contributed by atoms with van der Waals surface area (Å²) in [4.78, 5) is 5.29. The van der Waals surface area contributed by atoms with Crippen LogP contribution in [0.2, 0.25) is 0 Å². The number of aromatic nitrogens is 2. The van der Waals surface area contributed by atoms with Crippen LogP contribution in [-0.2, 0) is 0 Å². The average Bonchev–Trinajstić information content (AvgIpc) is 3.88. The van der Waals surface area contributed by atoms with Crippen LogP contribution >= 0.6 is 11.3 Å². The van der Waals surface area contributed by atoms with E-state index in [9.17, 15) is 0 Å². The van der Waals surface area contributed by atoms with Crippen molar-refractivity contribution in [1.29, 1.82) is 0 Å². The zero-order valence-corrected chi connectivity index (χ0v) is 28.2. The number of benzene rings is 7. The van der Waals surface area contributed by atoms with Crippen LogP contribution in [0.25, 0.3) is 103 Å². The van der Waals surface area contributed by atoms with Crippen LogP contribution in [0.1, 0.15) is 0 Å². The van der Waals surface area contributed by atoms with Gasteiger partial charge < -0.3 is 8.98 Å². The van der Waals surface area contributed by atoms with Crippen molar-refractivity contribution in [2.45, 2.75) is 0 Å². The van der Waals surface area contributed by atoms with E-state index in [2.05, 4.69) is 162 Å². The number of thiophene rings is 1. The highest BCUT2D eigenvalue weighted by molar-refractivity contribution is 7.27. The predicted octanol–water partition coefficient (Wildman–Crippen LogP) is 13.4. The highest BCUT2D eigenvalue weighted by Gasteiger charge is 2.20. The number of para-hydroxylation sites is 4. The Hall–Kier alpha value is -6.49. The van der Waals surface area contributed by atoms with Gasteiger partial charge in [-0.05, 0) is 59.7 Å². The highest BCUT2D eigenvalue weighted by atomic mass is 32.1. The van der Waals surface area contributed by atoms with Crippen LogP contribution in [0.5, 0.6) is 0 Å². The van der Waals surface area contributed by atoms with E-state index in [0.29, 0.717) is 0 Å². The molecule has 0 saturated heterocycles. The molecule has 0 N–H and O–H groups in total.